The van der Waals surface area contributed by atoms with Gasteiger partial charge in [0.2, 0.25) is 0 Å². The van der Waals surface area contributed by atoms with Gasteiger partial charge in [-0.25, -0.2) is 9.98 Å². The van der Waals surface area contributed by atoms with Crippen LogP contribution >= 0.6 is 11.8 Å². The number of hydrogen-bond donors (Lipinski definition) is 2. The van der Waals surface area contributed by atoms with Gasteiger partial charge in [-0.2, -0.15) is 5.26 Å². The van der Waals surface area contributed by atoms with Gasteiger partial charge < -0.3 is 4.98 Å². The molecule has 23 heavy (non-hydrogen) atoms. The zero-order valence-electron chi connectivity index (χ0n) is 13.2. The zero-order valence-corrected chi connectivity index (χ0v) is 14.0. The molecular weight excluding hydrogens is 308 g/mol. The molecule has 7 heteroatoms. The normalized spacial score (nSPS) is 16.4. The summed E-state index contributed by atoms with van der Waals surface area (Å²) in [5.74, 6) is 1.00. The maximum absolute atomic E-state index is 8.70. The van der Waals surface area contributed by atoms with Crippen LogP contribution in [0.15, 0.2) is 23.2 Å². The predicted molar refractivity (Wildman–Crippen MR) is 94.6 cm³/mol. The number of thioether (sulfide) groups is 1. The smallest absolute Gasteiger partial charge is 0.183 e. The summed E-state index contributed by atoms with van der Waals surface area (Å²) >= 11 is 1.41. The molecular formula is C16H20N6S. The van der Waals surface area contributed by atoms with E-state index in [-0.39, 0.29) is 0 Å². The second-order valence-corrected chi connectivity index (χ2v) is 6.37. The van der Waals surface area contributed by atoms with Gasteiger partial charge in [0, 0.05) is 0 Å². The number of imidazole rings is 1. The number of aromatic nitrogens is 2. The van der Waals surface area contributed by atoms with Crippen molar-refractivity contribution in [2.45, 2.75) is 25.8 Å². The molecule has 120 valence electrons. The van der Waals surface area contributed by atoms with Crippen molar-refractivity contribution in [3.05, 3.63) is 24.0 Å². The SMILES string of the molecule is CSC(=Nc1ccc2nc(CN3CCCCC3)[nH]c2c1)NC#N. The average molecular weight is 328 g/mol. The van der Waals surface area contributed by atoms with E-state index in [9.17, 15) is 0 Å². The van der Waals surface area contributed by atoms with Gasteiger partial charge in [0.15, 0.2) is 11.4 Å². The Labute approximate surface area is 140 Å². The fourth-order valence-corrected chi connectivity index (χ4v) is 3.16. The minimum Gasteiger partial charge on any atom is -0.341 e. The minimum absolute atomic E-state index is 0.583. The van der Waals surface area contributed by atoms with Gasteiger partial charge in [-0.3, -0.25) is 10.2 Å². The van der Waals surface area contributed by atoms with Crippen molar-refractivity contribution < 1.29 is 0 Å². The molecule has 0 radical (unpaired) electrons. The van der Waals surface area contributed by atoms with Crippen LogP contribution in [0.25, 0.3) is 11.0 Å². The van der Waals surface area contributed by atoms with E-state index >= 15 is 0 Å². The molecule has 2 heterocycles. The highest BCUT2D eigenvalue weighted by Crippen LogP contribution is 2.21. The van der Waals surface area contributed by atoms with E-state index in [4.69, 9.17) is 5.26 Å². The first-order chi connectivity index (χ1) is 11.3. The molecule has 1 aliphatic rings. The van der Waals surface area contributed by atoms with Crippen LogP contribution in [0.1, 0.15) is 25.1 Å². The van der Waals surface area contributed by atoms with Crippen LogP contribution in [0, 0.1) is 11.5 Å². The van der Waals surface area contributed by atoms with Crippen LogP contribution in [0.3, 0.4) is 0 Å². The van der Waals surface area contributed by atoms with Gasteiger partial charge >= 0.3 is 0 Å². The Morgan fingerprint density at radius 3 is 3.00 bits per heavy atom. The lowest BCUT2D eigenvalue weighted by atomic mass is 10.1. The summed E-state index contributed by atoms with van der Waals surface area (Å²) in [5, 5.41) is 11.9. The number of likely N-dealkylation sites (tertiary alicyclic amines) is 1. The molecule has 1 fully saturated rings. The summed E-state index contributed by atoms with van der Waals surface area (Å²) in [5.41, 5.74) is 2.74. The van der Waals surface area contributed by atoms with Crippen LogP contribution in [0.4, 0.5) is 5.69 Å². The van der Waals surface area contributed by atoms with Crippen molar-refractivity contribution in [3.63, 3.8) is 0 Å². The van der Waals surface area contributed by atoms with Crippen molar-refractivity contribution in [1.82, 2.24) is 20.2 Å². The summed E-state index contributed by atoms with van der Waals surface area (Å²) in [4.78, 5) is 14.9. The summed E-state index contributed by atoms with van der Waals surface area (Å²) in [7, 11) is 0. The lowest BCUT2D eigenvalue weighted by molar-refractivity contribution is 0.216. The minimum atomic E-state index is 0.583. The van der Waals surface area contributed by atoms with Crippen LogP contribution in [-0.2, 0) is 6.54 Å². The molecule has 3 rings (SSSR count). The Balaban J connectivity index is 1.79. The Morgan fingerprint density at radius 2 is 2.26 bits per heavy atom. The highest BCUT2D eigenvalue weighted by Gasteiger charge is 2.12. The van der Waals surface area contributed by atoms with E-state index in [2.05, 4.69) is 25.2 Å². The van der Waals surface area contributed by atoms with Gasteiger partial charge in [-0.15, -0.1) is 0 Å². The monoisotopic (exact) mass is 328 g/mol. The highest BCUT2D eigenvalue weighted by atomic mass is 32.2. The molecule has 0 saturated carbocycles. The van der Waals surface area contributed by atoms with E-state index in [0.717, 1.165) is 42.2 Å². The summed E-state index contributed by atoms with van der Waals surface area (Å²) in [6.45, 7) is 3.19. The molecule has 6 nitrogen and oxygen atoms in total. The molecule has 2 aromatic rings. The molecule has 0 aliphatic carbocycles. The Hall–Kier alpha value is -2.04. The first-order valence-corrected chi connectivity index (χ1v) is 9.00. The number of nitrogens with zero attached hydrogens (tertiary/aromatic N) is 4. The Bertz CT molecular complexity index is 739. The number of aromatic amines is 1. The number of rotatable bonds is 3. The molecule has 1 aromatic heterocycles. The number of nitriles is 1. The van der Waals surface area contributed by atoms with Crippen molar-refractivity contribution in [2.75, 3.05) is 19.3 Å². The van der Waals surface area contributed by atoms with Crippen molar-refractivity contribution >= 4 is 33.7 Å². The summed E-state index contributed by atoms with van der Waals surface area (Å²) in [6, 6.07) is 5.86. The van der Waals surface area contributed by atoms with Gasteiger partial charge in [0.1, 0.15) is 5.82 Å². The van der Waals surface area contributed by atoms with Crippen LogP contribution in [0.5, 0.6) is 0 Å². The number of fused-ring (bicyclic) bond motifs is 1. The maximum Gasteiger partial charge on any atom is 0.183 e. The lowest BCUT2D eigenvalue weighted by Gasteiger charge is -2.25. The molecule has 1 aromatic carbocycles. The van der Waals surface area contributed by atoms with Gasteiger partial charge in [-0.05, 0) is 50.4 Å². The van der Waals surface area contributed by atoms with Gasteiger partial charge in [0.25, 0.3) is 0 Å². The average Bonchev–Trinajstić information content (AvgIpc) is 2.96. The van der Waals surface area contributed by atoms with E-state index in [1.165, 1.54) is 31.0 Å². The standard InChI is InChI=1S/C16H20N6S/c1-23-16(18-11-17)19-12-5-6-13-14(9-12)21-15(20-13)10-22-7-3-2-4-8-22/h5-6,9H,2-4,7-8,10H2,1H3,(H,18,19)(H,20,21). The Kier molecular flexibility index (Phi) is 5.16. The Morgan fingerprint density at radius 1 is 1.43 bits per heavy atom. The fraction of sp³-hybridized carbons (Fsp3) is 0.438. The quantitative estimate of drug-likeness (QED) is 0.392. The maximum atomic E-state index is 8.70. The third-order valence-corrected chi connectivity index (χ3v) is 4.50. The number of H-pyrrole nitrogens is 1. The van der Waals surface area contributed by atoms with Crippen LogP contribution in [0.2, 0.25) is 0 Å². The van der Waals surface area contributed by atoms with E-state index in [1.54, 1.807) is 0 Å². The molecule has 2 N–H and O–H groups in total. The molecule has 1 saturated heterocycles. The largest absolute Gasteiger partial charge is 0.341 e. The van der Waals surface area contributed by atoms with Crippen molar-refractivity contribution in [1.29, 1.82) is 5.26 Å². The number of piperidine rings is 1. The van der Waals surface area contributed by atoms with E-state index in [0.29, 0.717) is 5.17 Å². The van der Waals surface area contributed by atoms with E-state index < -0.39 is 0 Å². The summed E-state index contributed by atoms with van der Waals surface area (Å²) in [6.07, 6.45) is 7.68. The fourth-order valence-electron chi connectivity index (χ4n) is 2.81. The molecule has 1 aliphatic heterocycles. The molecule has 0 unspecified atom stereocenters. The number of aliphatic imine (C=N–C) groups is 1. The molecule has 0 atom stereocenters. The first-order valence-electron chi connectivity index (χ1n) is 7.77. The second-order valence-electron chi connectivity index (χ2n) is 5.58. The van der Waals surface area contributed by atoms with Crippen LogP contribution in [-0.4, -0.2) is 39.4 Å². The third kappa shape index (κ3) is 4.03. The number of amidine groups is 1. The lowest BCUT2D eigenvalue weighted by Crippen LogP contribution is -2.29. The summed E-state index contributed by atoms with van der Waals surface area (Å²) < 4.78 is 0. The number of nitrogens with one attached hydrogen (secondary N) is 2. The van der Waals surface area contributed by atoms with Gasteiger partial charge in [-0.1, -0.05) is 18.2 Å². The number of hydrogen-bond acceptors (Lipinski definition) is 5. The topological polar surface area (TPSA) is 80.1 Å². The van der Waals surface area contributed by atoms with Crippen molar-refractivity contribution in [3.8, 4) is 6.19 Å². The van der Waals surface area contributed by atoms with Gasteiger partial charge in [0.05, 0.1) is 23.3 Å². The van der Waals surface area contributed by atoms with Crippen molar-refractivity contribution in [2.24, 2.45) is 4.99 Å². The predicted octanol–water partition coefficient (Wildman–Crippen LogP) is 2.97. The third-order valence-electron chi connectivity index (χ3n) is 3.92. The molecule has 0 amide bonds. The first kappa shape index (κ1) is 15.8. The molecule has 0 spiro atoms. The second kappa shape index (κ2) is 7.49. The van der Waals surface area contributed by atoms with E-state index in [1.807, 2.05) is 30.6 Å². The molecule has 0 bridgehead atoms. The number of benzene rings is 1. The zero-order chi connectivity index (χ0) is 16.1. The van der Waals surface area contributed by atoms with Crippen LogP contribution < -0.4 is 5.32 Å². The highest BCUT2D eigenvalue weighted by molar-refractivity contribution is 8.13.